The second-order valence-corrected chi connectivity index (χ2v) is 6.57. The average Bonchev–Trinajstić information content (AvgIpc) is 2.86. The first kappa shape index (κ1) is 14.4. The van der Waals surface area contributed by atoms with Gasteiger partial charge in [0.25, 0.3) is 0 Å². The summed E-state index contributed by atoms with van der Waals surface area (Å²) in [6.45, 7) is 4.27. The molecule has 2 unspecified atom stereocenters. The van der Waals surface area contributed by atoms with Crippen molar-refractivity contribution in [1.29, 1.82) is 0 Å². The lowest BCUT2D eigenvalue weighted by atomic mass is 9.75. The molecule has 0 aromatic heterocycles. The third kappa shape index (κ3) is 3.03. The van der Waals surface area contributed by atoms with Gasteiger partial charge in [-0.05, 0) is 49.1 Å². The molecule has 1 saturated carbocycles. The van der Waals surface area contributed by atoms with E-state index >= 15 is 0 Å². The van der Waals surface area contributed by atoms with Gasteiger partial charge in [0.05, 0.1) is 6.10 Å². The molecule has 1 N–H and O–H groups in total. The first-order chi connectivity index (χ1) is 9.78. The summed E-state index contributed by atoms with van der Waals surface area (Å²) in [4.78, 5) is 0. The summed E-state index contributed by atoms with van der Waals surface area (Å²) in [6, 6.07) is 8.92. The standard InChI is InChI=1S/C17H24ClNO/c1-2-17-12(7-8-20-17)11-19-14-9-13(10-14)15-5-3-4-6-16(15)18/h3-6,12-14,17,19H,2,7-11H2,1H3. The van der Waals surface area contributed by atoms with Crippen molar-refractivity contribution in [3.8, 4) is 0 Å². The van der Waals surface area contributed by atoms with Crippen LogP contribution in [0.5, 0.6) is 0 Å². The molecule has 2 nitrogen and oxygen atoms in total. The number of benzene rings is 1. The molecule has 1 aromatic carbocycles. The Morgan fingerprint density at radius 3 is 2.85 bits per heavy atom. The van der Waals surface area contributed by atoms with Crippen molar-refractivity contribution in [2.24, 2.45) is 5.92 Å². The van der Waals surface area contributed by atoms with E-state index < -0.39 is 0 Å². The molecule has 3 heteroatoms. The maximum absolute atomic E-state index is 6.26. The number of nitrogens with one attached hydrogen (secondary N) is 1. The summed E-state index contributed by atoms with van der Waals surface area (Å²) in [6.07, 6.45) is 5.26. The lowest BCUT2D eigenvalue weighted by Crippen LogP contribution is -2.43. The molecular weight excluding hydrogens is 270 g/mol. The van der Waals surface area contributed by atoms with Crippen molar-refractivity contribution >= 4 is 11.6 Å². The molecule has 0 spiro atoms. The van der Waals surface area contributed by atoms with E-state index in [1.165, 1.54) is 24.8 Å². The van der Waals surface area contributed by atoms with Gasteiger partial charge in [-0.1, -0.05) is 36.7 Å². The summed E-state index contributed by atoms with van der Waals surface area (Å²) >= 11 is 6.26. The van der Waals surface area contributed by atoms with E-state index in [9.17, 15) is 0 Å². The Bertz CT molecular complexity index is 444. The summed E-state index contributed by atoms with van der Waals surface area (Å²) in [5, 5.41) is 4.64. The van der Waals surface area contributed by atoms with Crippen LogP contribution >= 0.6 is 11.6 Å². The van der Waals surface area contributed by atoms with Crippen LogP contribution in [0.2, 0.25) is 5.02 Å². The highest BCUT2D eigenvalue weighted by Gasteiger charge is 2.33. The maximum atomic E-state index is 6.26. The molecule has 0 bridgehead atoms. The van der Waals surface area contributed by atoms with E-state index in [0.29, 0.717) is 24.0 Å². The van der Waals surface area contributed by atoms with Gasteiger partial charge in [0.2, 0.25) is 0 Å². The largest absolute Gasteiger partial charge is 0.378 e. The van der Waals surface area contributed by atoms with Crippen LogP contribution in [0.4, 0.5) is 0 Å². The van der Waals surface area contributed by atoms with Gasteiger partial charge in [0.1, 0.15) is 0 Å². The van der Waals surface area contributed by atoms with Gasteiger partial charge in [0, 0.05) is 24.2 Å². The number of rotatable bonds is 5. The molecule has 3 rings (SSSR count). The van der Waals surface area contributed by atoms with E-state index in [0.717, 1.165) is 24.6 Å². The lowest BCUT2D eigenvalue weighted by Gasteiger charge is -2.37. The van der Waals surface area contributed by atoms with Crippen molar-refractivity contribution in [1.82, 2.24) is 5.32 Å². The fourth-order valence-electron chi connectivity index (χ4n) is 3.54. The number of halogens is 1. The number of hydrogen-bond donors (Lipinski definition) is 1. The van der Waals surface area contributed by atoms with Gasteiger partial charge < -0.3 is 10.1 Å². The topological polar surface area (TPSA) is 21.3 Å². The molecule has 110 valence electrons. The Hall–Kier alpha value is -0.570. The van der Waals surface area contributed by atoms with Crippen LogP contribution < -0.4 is 5.32 Å². The molecule has 2 fully saturated rings. The molecule has 1 aliphatic heterocycles. The highest BCUT2D eigenvalue weighted by molar-refractivity contribution is 6.31. The Balaban J connectivity index is 1.44. The van der Waals surface area contributed by atoms with Crippen LogP contribution in [0, 0.1) is 5.92 Å². The summed E-state index contributed by atoms with van der Waals surface area (Å²) in [5.41, 5.74) is 1.32. The molecular formula is C17H24ClNO. The maximum Gasteiger partial charge on any atom is 0.0613 e. The van der Waals surface area contributed by atoms with Gasteiger partial charge in [-0.3, -0.25) is 0 Å². The van der Waals surface area contributed by atoms with Gasteiger partial charge >= 0.3 is 0 Å². The molecule has 20 heavy (non-hydrogen) atoms. The number of hydrogen-bond acceptors (Lipinski definition) is 2. The fraction of sp³-hybridized carbons (Fsp3) is 0.647. The summed E-state index contributed by atoms with van der Waals surface area (Å²) in [5.74, 6) is 1.35. The van der Waals surface area contributed by atoms with Crippen molar-refractivity contribution in [2.75, 3.05) is 13.2 Å². The third-order valence-electron chi connectivity index (χ3n) is 4.90. The van der Waals surface area contributed by atoms with Gasteiger partial charge in [-0.25, -0.2) is 0 Å². The molecule has 1 aliphatic carbocycles. The molecule has 1 saturated heterocycles. The zero-order valence-electron chi connectivity index (χ0n) is 12.1. The normalized spacial score (nSPS) is 33.1. The van der Waals surface area contributed by atoms with Crippen LogP contribution in [0.1, 0.15) is 44.1 Å². The SMILES string of the molecule is CCC1OCCC1CNC1CC(c2ccccc2Cl)C1. The minimum atomic E-state index is 0.474. The first-order valence-corrected chi connectivity index (χ1v) is 8.25. The zero-order valence-corrected chi connectivity index (χ0v) is 12.9. The van der Waals surface area contributed by atoms with Crippen LogP contribution in [0.3, 0.4) is 0 Å². The van der Waals surface area contributed by atoms with Gasteiger partial charge in [-0.2, -0.15) is 0 Å². The van der Waals surface area contributed by atoms with Crippen molar-refractivity contribution in [2.45, 2.75) is 50.7 Å². The second-order valence-electron chi connectivity index (χ2n) is 6.16. The van der Waals surface area contributed by atoms with Crippen molar-refractivity contribution < 1.29 is 4.74 Å². The predicted molar refractivity (Wildman–Crippen MR) is 83.4 cm³/mol. The van der Waals surface area contributed by atoms with Crippen LogP contribution in [-0.2, 0) is 4.74 Å². The average molecular weight is 294 g/mol. The highest BCUT2D eigenvalue weighted by atomic mass is 35.5. The molecule has 1 heterocycles. The minimum absolute atomic E-state index is 0.474. The molecule has 1 aromatic rings. The molecule has 2 atom stereocenters. The quantitative estimate of drug-likeness (QED) is 0.886. The van der Waals surface area contributed by atoms with E-state index in [1.807, 2.05) is 12.1 Å². The fourth-order valence-corrected chi connectivity index (χ4v) is 3.83. The zero-order chi connectivity index (χ0) is 13.9. The third-order valence-corrected chi connectivity index (χ3v) is 5.24. The highest BCUT2D eigenvalue weighted by Crippen LogP contribution is 2.40. The number of ether oxygens (including phenoxy) is 1. The van der Waals surface area contributed by atoms with Crippen LogP contribution in [0.15, 0.2) is 24.3 Å². The van der Waals surface area contributed by atoms with E-state index in [-0.39, 0.29) is 0 Å². The molecule has 2 aliphatic rings. The van der Waals surface area contributed by atoms with Crippen molar-refractivity contribution in [3.05, 3.63) is 34.9 Å². The summed E-state index contributed by atoms with van der Waals surface area (Å²) < 4.78 is 5.75. The Labute approximate surface area is 126 Å². The predicted octanol–water partition coefficient (Wildman–Crippen LogP) is 3.99. The monoisotopic (exact) mass is 293 g/mol. The Morgan fingerprint density at radius 1 is 1.30 bits per heavy atom. The van der Waals surface area contributed by atoms with Crippen molar-refractivity contribution in [3.63, 3.8) is 0 Å². The van der Waals surface area contributed by atoms with E-state index in [1.54, 1.807) is 0 Å². The smallest absolute Gasteiger partial charge is 0.0613 e. The van der Waals surface area contributed by atoms with Gasteiger partial charge in [-0.15, -0.1) is 0 Å². The Morgan fingerprint density at radius 2 is 2.10 bits per heavy atom. The Kier molecular flexibility index (Phi) is 4.65. The minimum Gasteiger partial charge on any atom is -0.378 e. The van der Waals surface area contributed by atoms with Crippen LogP contribution in [-0.4, -0.2) is 25.3 Å². The molecule has 0 radical (unpaired) electrons. The first-order valence-electron chi connectivity index (χ1n) is 7.87. The second kappa shape index (κ2) is 6.46. The summed E-state index contributed by atoms with van der Waals surface area (Å²) in [7, 11) is 0. The van der Waals surface area contributed by atoms with Crippen LogP contribution in [0.25, 0.3) is 0 Å². The van der Waals surface area contributed by atoms with Gasteiger partial charge in [0.15, 0.2) is 0 Å². The lowest BCUT2D eigenvalue weighted by molar-refractivity contribution is 0.0853. The molecule has 0 amide bonds. The van der Waals surface area contributed by atoms with E-state index in [4.69, 9.17) is 16.3 Å². The van der Waals surface area contributed by atoms with E-state index in [2.05, 4.69) is 24.4 Å².